The molecule has 0 saturated carbocycles. The minimum absolute atomic E-state index is 1.25. The maximum Gasteiger partial charge on any atom is 0.114 e. The van der Waals surface area contributed by atoms with Crippen molar-refractivity contribution in [1.29, 1.82) is 0 Å². The predicted octanol–water partition coefficient (Wildman–Crippen LogP) is 5.84. The van der Waals surface area contributed by atoms with Crippen molar-refractivity contribution in [2.75, 3.05) is 0 Å². The molecule has 0 amide bonds. The summed E-state index contributed by atoms with van der Waals surface area (Å²) in [4.78, 5) is 0. The van der Waals surface area contributed by atoms with Gasteiger partial charge in [0.2, 0.25) is 0 Å². The van der Waals surface area contributed by atoms with Crippen LogP contribution in [0.15, 0.2) is 152 Å². The Labute approximate surface area is 231 Å². The highest BCUT2D eigenvalue weighted by molar-refractivity contribution is 7.55. The van der Waals surface area contributed by atoms with Crippen molar-refractivity contribution in [1.82, 2.24) is 0 Å². The standard InChI is InChI=1S/C35H38Si3/c1-36(31-19-9-4-10-20-31,32-21-11-5-12-22-32)29-30-37(2,33-23-13-6-14-24-33)38(3,34-25-15-7-16-26-34)35-27-17-8-18-28-35/h4-28H,29-30H2,1-3H3. The fourth-order valence-electron chi connectivity index (χ4n) is 6.40. The minimum Gasteiger partial charge on any atom is -0.0666 e. The van der Waals surface area contributed by atoms with E-state index in [1.165, 1.54) is 12.1 Å². The molecule has 0 bridgehead atoms. The van der Waals surface area contributed by atoms with Crippen molar-refractivity contribution < 1.29 is 0 Å². The third-order valence-electron chi connectivity index (χ3n) is 9.16. The number of rotatable bonds is 9. The quantitative estimate of drug-likeness (QED) is 0.205. The van der Waals surface area contributed by atoms with Crippen molar-refractivity contribution >= 4 is 49.2 Å². The van der Waals surface area contributed by atoms with Crippen molar-refractivity contribution in [3.63, 3.8) is 0 Å². The largest absolute Gasteiger partial charge is 0.114 e. The van der Waals surface area contributed by atoms with Crippen molar-refractivity contribution in [2.45, 2.75) is 31.7 Å². The van der Waals surface area contributed by atoms with Gasteiger partial charge in [-0.2, -0.15) is 0 Å². The van der Waals surface area contributed by atoms with Gasteiger partial charge in [0.1, 0.15) is 15.7 Å². The SMILES string of the molecule is C[Si](CC[Si](C)(c1ccccc1)[Si](C)(c1ccccc1)c1ccccc1)(c1ccccc1)c1ccccc1. The molecule has 0 aliphatic carbocycles. The molecule has 5 rings (SSSR count). The minimum atomic E-state index is -2.14. The molecule has 190 valence electrons. The van der Waals surface area contributed by atoms with E-state index in [2.05, 4.69) is 171 Å². The molecule has 0 aromatic heterocycles. The van der Waals surface area contributed by atoms with Crippen molar-refractivity contribution in [3.05, 3.63) is 152 Å². The molecule has 5 aromatic carbocycles. The van der Waals surface area contributed by atoms with Crippen LogP contribution >= 0.6 is 0 Å². The lowest BCUT2D eigenvalue weighted by Gasteiger charge is -2.46. The van der Waals surface area contributed by atoms with Gasteiger partial charge in [0, 0.05) is 0 Å². The molecule has 0 aliphatic heterocycles. The highest BCUT2D eigenvalue weighted by Gasteiger charge is 2.52. The average molecular weight is 543 g/mol. The summed E-state index contributed by atoms with van der Waals surface area (Å²) in [7, 11) is -6.17. The molecule has 0 heterocycles. The molecule has 1 unspecified atom stereocenters. The van der Waals surface area contributed by atoms with Crippen LogP contribution in [0.5, 0.6) is 0 Å². The summed E-state index contributed by atoms with van der Waals surface area (Å²) in [5, 5.41) is 7.80. The summed E-state index contributed by atoms with van der Waals surface area (Å²) in [5.74, 6) is 0. The topological polar surface area (TPSA) is 0 Å². The molecule has 0 fully saturated rings. The third kappa shape index (κ3) is 4.82. The lowest BCUT2D eigenvalue weighted by Crippen LogP contribution is -2.78. The Kier molecular flexibility index (Phi) is 7.80. The molecule has 0 N–H and O–H groups in total. The van der Waals surface area contributed by atoms with E-state index in [0.29, 0.717) is 0 Å². The van der Waals surface area contributed by atoms with Gasteiger partial charge in [-0.25, -0.2) is 0 Å². The molecule has 0 nitrogen and oxygen atoms in total. The zero-order valence-electron chi connectivity index (χ0n) is 22.8. The normalized spacial score (nSPS) is 13.6. The Morgan fingerprint density at radius 3 is 0.974 bits per heavy atom. The smallest absolute Gasteiger partial charge is 0.0666 e. The van der Waals surface area contributed by atoms with E-state index in [1.54, 1.807) is 25.9 Å². The van der Waals surface area contributed by atoms with Gasteiger partial charge in [-0.1, -0.05) is 209 Å². The third-order valence-corrected chi connectivity index (χ3v) is 32.1. The summed E-state index contributed by atoms with van der Waals surface area (Å²) in [5.41, 5.74) is 0. The van der Waals surface area contributed by atoms with E-state index in [4.69, 9.17) is 0 Å². The molecule has 38 heavy (non-hydrogen) atoms. The zero-order chi connectivity index (χ0) is 26.5. The van der Waals surface area contributed by atoms with Gasteiger partial charge in [-0.3, -0.25) is 0 Å². The summed E-state index contributed by atoms with van der Waals surface area (Å²) in [6, 6.07) is 59.8. The second-order valence-corrected chi connectivity index (χ2v) is 28.9. The van der Waals surface area contributed by atoms with E-state index >= 15 is 0 Å². The fraction of sp³-hybridized carbons (Fsp3) is 0.143. The Morgan fingerprint density at radius 1 is 0.342 bits per heavy atom. The van der Waals surface area contributed by atoms with Gasteiger partial charge in [0.15, 0.2) is 0 Å². The van der Waals surface area contributed by atoms with Crippen LogP contribution in [0.4, 0.5) is 0 Å². The van der Waals surface area contributed by atoms with Crippen LogP contribution in [-0.2, 0) is 0 Å². The second-order valence-electron chi connectivity index (χ2n) is 11.1. The van der Waals surface area contributed by atoms with Gasteiger partial charge in [0.05, 0.1) is 7.59 Å². The first-order valence-corrected chi connectivity index (χ1v) is 22.7. The van der Waals surface area contributed by atoms with E-state index in [1.807, 2.05) is 0 Å². The average Bonchev–Trinajstić information content (AvgIpc) is 3.01. The van der Waals surface area contributed by atoms with Crippen LogP contribution in [0.2, 0.25) is 31.7 Å². The molecule has 1 atom stereocenters. The second kappa shape index (κ2) is 11.2. The highest BCUT2D eigenvalue weighted by atomic mass is 29.3. The van der Waals surface area contributed by atoms with E-state index < -0.39 is 23.3 Å². The van der Waals surface area contributed by atoms with Crippen LogP contribution in [0.3, 0.4) is 0 Å². The van der Waals surface area contributed by atoms with E-state index in [0.717, 1.165) is 0 Å². The first-order valence-electron chi connectivity index (χ1n) is 13.8. The zero-order valence-corrected chi connectivity index (χ0v) is 25.8. The highest BCUT2D eigenvalue weighted by Crippen LogP contribution is 2.29. The molecule has 0 radical (unpaired) electrons. The first-order chi connectivity index (χ1) is 18.5. The lowest BCUT2D eigenvalue weighted by atomic mass is 10.4. The van der Waals surface area contributed by atoms with Crippen molar-refractivity contribution in [3.8, 4) is 0 Å². The number of hydrogen-bond donors (Lipinski definition) is 0. The summed E-state index contributed by atoms with van der Waals surface area (Å²) < 4.78 is 0. The maximum absolute atomic E-state index is 2.71. The van der Waals surface area contributed by atoms with Crippen LogP contribution in [0.25, 0.3) is 0 Å². The van der Waals surface area contributed by atoms with Gasteiger partial charge >= 0.3 is 0 Å². The van der Waals surface area contributed by atoms with Gasteiger partial charge < -0.3 is 0 Å². The summed E-state index contributed by atoms with van der Waals surface area (Å²) in [6.45, 7) is 7.97. The van der Waals surface area contributed by atoms with Gasteiger partial charge in [-0.15, -0.1) is 0 Å². The van der Waals surface area contributed by atoms with E-state index in [9.17, 15) is 0 Å². The molecular formula is C35H38Si3. The predicted molar refractivity (Wildman–Crippen MR) is 175 cm³/mol. The van der Waals surface area contributed by atoms with Crippen LogP contribution in [0, 0.1) is 0 Å². The molecule has 5 aromatic rings. The van der Waals surface area contributed by atoms with Crippen LogP contribution < -0.4 is 25.9 Å². The van der Waals surface area contributed by atoms with Crippen LogP contribution in [-0.4, -0.2) is 23.3 Å². The Bertz CT molecular complexity index is 1340. The van der Waals surface area contributed by atoms with Gasteiger partial charge in [-0.05, 0) is 0 Å². The number of hydrogen-bond acceptors (Lipinski definition) is 0. The lowest BCUT2D eigenvalue weighted by molar-refractivity contribution is 1.32. The van der Waals surface area contributed by atoms with Crippen LogP contribution in [0.1, 0.15) is 0 Å². The number of benzene rings is 5. The molecule has 3 heteroatoms. The Hall–Kier alpha value is -3.25. The fourth-order valence-corrected chi connectivity index (χ4v) is 28.5. The monoisotopic (exact) mass is 542 g/mol. The first kappa shape index (κ1) is 26.4. The molecule has 0 saturated heterocycles. The van der Waals surface area contributed by atoms with Crippen molar-refractivity contribution in [2.24, 2.45) is 0 Å². The maximum atomic E-state index is 2.71. The van der Waals surface area contributed by atoms with Gasteiger partial charge in [0.25, 0.3) is 0 Å². The Balaban J connectivity index is 1.69. The molecule has 0 aliphatic rings. The van der Waals surface area contributed by atoms with E-state index in [-0.39, 0.29) is 0 Å². The molecule has 0 spiro atoms. The molecular weight excluding hydrogens is 505 g/mol. The summed E-state index contributed by atoms with van der Waals surface area (Å²) in [6.07, 6.45) is 0. The Morgan fingerprint density at radius 2 is 0.632 bits per heavy atom. The summed E-state index contributed by atoms with van der Waals surface area (Å²) >= 11 is 0.